The summed E-state index contributed by atoms with van der Waals surface area (Å²) in [5.74, 6) is -0.525. The van der Waals surface area contributed by atoms with Crippen LogP contribution < -0.4 is 4.90 Å². The second kappa shape index (κ2) is 10.6. The first-order chi connectivity index (χ1) is 17.7. The van der Waals surface area contributed by atoms with Gasteiger partial charge in [-0.05, 0) is 49.2 Å². The highest BCUT2D eigenvalue weighted by Crippen LogP contribution is 2.35. The van der Waals surface area contributed by atoms with Crippen LogP contribution in [0.3, 0.4) is 0 Å². The summed E-state index contributed by atoms with van der Waals surface area (Å²) in [7, 11) is 1.91. The van der Waals surface area contributed by atoms with Crippen LogP contribution in [-0.4, -0.2) is 41.8 Å². The molecule has 1 aliphatic rings. The highest BCUT2D eigenvalue weighted by Gasteiger charge is 2.34. The quantitative estimate of drug-likeness (QED) is 0.157. The molecule has 0 atom stereocenters. The van der Waals surface area contributed by atoms with Gasteiger partial charge in [0.25, 0.3) is 17.5 Å². The number of nitro groups is 1. The van der Waals surface area contributed by atoms with E-state index in [2.05, 4.69) is 10.2 Å². The van der Waals surface area contributed by atoms with Gasteiger partial charge in [-0.2, -0.15) is 10.4 Å². The molecule has 0 saturated carbocycles. The van der Waals surface area contributed by atoms with E-state index in [1.165, 1.54) is 4.90 Å². The number of carbonyl (C=O) groups excluding carboxylic acids is 2. The Morgan fingerprint density at radius 1 is 1.08 bits per heavy atom. The van der Waals surface area contributed by atoms with Gasteiger partial charge >= 0.3 is 0 Å². The van der Waals surface area contributed by atoms with Crippen molar-refractivity contribution in [1.29, 1.82) is 5.26 Å². The lowest BCUT2D eigenvalue weighted by molar-refractivity contribution is -0.384. The Kier molecular flexibility index (Phi) is 7.27. The lowest BCUT2D eigenvalue weighted by Crippen LogP contribution is -2.32. The van der Waals surface area contributed by atoms with E-state index in [1.54, 1.807) is 30.3 Å². The van der Waals surface area contributed by atoms with Crippen molar-refractivity contribution in [2.75, 3.05) is 25.0 Å². The zero-order valence-electron chi connectivity index (χ0n) is 20.0. The van der Waals surface area contributed by atoms with Crippen molar-refractivity contribution >= 4 is 46.2 Å². The van der Waals surface area contributed by atoms with Gasteiger partial charge in [0.15, 0.2) is 0 Å². The van der Waals surface area contributed by atoms with E-state index >= 15 is 0 Å². The second-order valence-corrected chi connectivity index (χ2v) is 8.85. The second-order valence-electron chi connectivity index (χ2n) is 8.45. The number of non-ortho nitro benzene ring substituents is 1. The molecule has 0 aromatic heterocycles. The number of anilines is 1. The zero-order valence-corrected chi connectivity index (χ0v) is 20.8. The Morgan fingerprint density at radius 2 is 1.76 bits per heavy atom. The van der Waals surface area contributed by atoms with Gasteiger partial charge in [0.05, 0.1) is 32.3 Å². The van der Waals surface area contributed by atoms with Gasteiger partial charge in [0.1, 0.15) is 11.8 Å². The number of hydrogen-bond acceptors (Lipinski definition) is 8. The number of halogens is 1. The lowest BCUT2D eigenvalue weighted by Gasteiger charge is -2.21. The Labute approximate surface area is 217 Å². The van der Waals surface area contributed by atoms with Gasteiger partial charge in [-0.25, -0.2) is 0 Å². The van der Waals surface area contributed by atoms with Crippen LogP contribution in [0.4, 0.5) is 22.7 Å². The standard InChI is InChI=1S/C26H21ClN6O4/c1-16-12-18(31(2)10-5-11-32-25(34)20-6-3-4-7-21(20)26(32)35)8-9-23(16)29-30-24-17(15-28)13-19(33(36)37)14-22(24)27/h3-4,6-9,12-14H,5,10-11H2,1-2H3/b30-29+. The molecule has 4 rings (SSSR count). The first kappa shape index (κ1) is 25.5. The smallest absolute Gasteiger partial charge is 0.272 e. The maximum atomic E-state index is 12.5. The summed E-state index contributed by atoms with van der Waals surface area (Å²) in [6.07, 6.45) is 0.595. The van der Waals surface area contributed by atoms with Crippen LogP contribution in [0.5, 0.6) is 0 Å². The van der Waals surface area contributed by atoms with Crippen molar-refractivity contribution in [3.63, 3.8) is 0 Å². The average Bonchev–Trinajstić information content (AvgIpc) is 3.13. The highest BCUT2D eigenvalue weighted by atomic mass is 35.5. The van der Waals surface area contributed by atoms with Crippen molar-refractivity contribution in [3.8, 4) is 6.07 Å². The summed E-state index contributed by atoms with van der Waals surface area (Å²) in [5.41, 5.74) is 2.86. The summed E-state index contributed by atoms with van der Waals surface area (Å²) in [5, 5.41) is 28.6. The molecule has 0 N–H and O–H groups in total. The number of amides is 2. The number of benzene rings is 3. The van der Waals surface area contributed by atoms with Crippen LogP contribution in [0.2, 0.25) is 5.02 Å². The molecule has 1 heterocycles. The molecular weight excluding hydrogens is 496 g/mol. The summed E-state index contributed by atoms with van der Waals surface area (Å²) in [6, 6.07) is 16.5. The Morgan fingerprint density at radius 3 is 2.35 bits per heavy atom. The minimum Gasteiger partial charge on any atom is -0.375 e. The normalized spacial score (nSPS) is 12.6. The molecule has 0 fully saturated rings. The Balaban J connectivity index is 1.41. The third kappa shape index (κ3) is 5.17. The van der Waals surface area contributed by atoms with E-state index in [-0.39, 0.29) is 33.8 Å². The van der Waals surface area contributed by atoms with Crippen LogP contribution >= 0.6 is 11.6 Å². The maximum Gasteiger partial charge on any atom is 0.272 e. The topological polar surface area (TPSA) is 132 Å². The van der Waals surface area contributed by atoms with Gasteiger partial charge < -0.3 is 4.90 Å². The molecule has 0 radical (unpaired) electrons. The van der Waals surface area contributed by atoms with E-state index in [9.17, 15) is 25.0 Å². The zero-order chi connectivity index (χ0) is 26.7. The molecule has 2 amide bonds. The fourth-order valence-corrected chi connectivity index (χ4v) is 4.26. The van der Waals surface area contributed by atoms with E-state index in [1.807, 2.05) is 37.1 Å². The van der Waals surface area contributed by atoms with Gasteiger partial charge in [-0.15, -0.1) is 5.11 Å². The summed E-state index contributed by atoms with van der Waals surface area (Å²) in [6.45, 7) is 2.78. The first-order valence-corrected chi connectivity index (χ1v) is 11.7. The number of azo groups is 1. The van der Waals surface area contributed by atoms with Gasteiger partial charge in [-0.1, -0.05) is 23.7 Å². The number of hydrogen-bond donors (Lipinski definition) is 0. The van der Waals surface area contributed by atoms with Crippen LogP contribution in [0.25, 0.3) is 0 Å². The minimum atomic E-state index is -0.632. The largest absolute Gasteiger partial charge is 0.375 e. The molecule has 3 aromatic carbocycles. The molecule has 0 aliphatic carbocycles. The summed E-state index contributed by atoms with van der Waals surface area (Å²) < 4.78 is 0. The van der Waals surface area contributed by atoms with Crippen molar-refractivity contribution in [2.45, 2.75) is 13.3 Å². The molecule has 0 spiro atoms. The van der Waals surface area contributed by atoms with Crippen LogP contribution in [0.1, 0.15) is 38.3 Å². The molecule has 11 heteroatoms. The van der Waals surface area contributed by atoms with E-state index in [0.29, 0.717) is 36.3 Å². The molecule has 0 saturated heterocycles. The SMILES string of the molecule is Cc1cc(N(C)CCCN2C(=O)c3ccccc3C2=O)ccc1/N=N/c1c(Cl)cc([N+](=O)[O-])cc1C#N. The predicted molar refractivity (Wildman–Crippen MR) is 138 cm³/mol. The Bertz CT molecular complexity index is 1460. The number of carbonyl (C=O) groups is 2. The van der Waals surface area contributed by atoms with E-state index in [0.717, 1.165) is 23.4 Å². The van der Waals surface area contributed by atoms with Gasteiger partial charge in [0, 0.05) is 38.0 Å². The predicted octanol–water partition coefficient (Wildman–Crippen LogP) is 5.97. The molecule has 0 bridgehead atoms. The molecule has 37 heavy (non-hydrogen) atoms. The van der Waals surface area contributed by atoms with Crippen molar-refractivity contribution in [1.82, 2.24) is 4.90 Å². The molecule has 0 unspecified atom stereocenters. The highest BCUT2D eigenvalue weighted by molar-refractivity contribution is 6.33. The number of rotatable bonds is 8. The van der Waals surface area contributed by atoms with Crippen LogP contribution in [0.15, 0.2) is 64.8 Å². The number of aryl methyl sites for hydroxylation is 1. The summed E-state index contributed by atoms with van der Waals surface area (Å²) in [4.78, 5) is 38.7. The van der Waals surface area contributed by atoms with E-state index in [4.69, 9.17) is 11.6 Å². The first-order valence-electron chi connectivity index (χ1n) is 11.3. The third-order valence-corrected chi connectivity index (χ3v) is 6.30. The third-order valence-electron chi connectivity index (χ3n) is 6.01. The monoisotopic (exact) mass is 516 g/mol. The van der Waals surface area contributed by atoms with Gasteiger partial charge in [0.2, 0.25) is 0 Å². The fourth-order valence-electron chi connectivity index (χ4n) is 4.01. The number of fused-ring (bicyclic) bond motifs is 1. The van der Waals surface area contributed by atoms with Crippen molar-refractivity contribution in [2.24, 2.45) is 10.2 Å². The summed E-state index contributed by atoms with van der Waals surface area (Å²) >= 11 is 6.11. The number of nitrogens with zero attached hydrogens (tertiary/aromatic N) is 6. The number of imide groups is 1. The number of nitro benzene ring substituents is 1. The molecule has 3 aromatic rings. The van der Waals surface area contributed by atoms with Crippen molar-refractivity contribution < 1.29 is 14.5 Å². The minimum absolute atomic E-state index is 0.0402. The lowest BCUT2D eigenvalue weighted by atomic mass is 10.1. The van der Waals surface area contributed by atoms with Crippen molar-refractivity contribution in [3.05, 3.63) is 92.0 Å². The molecule has 1 aliphatic heterocycles. The average molecular weight is 517 g/mol. The molecule has 186 valence electrons. The fraction of sp³-hybridized carbons (Fsp3) is 0.192. The molecule has 10 nitrogen and oxygen atoms in total. The molecular formula is C26H21ClN6O4. The van der Waals surface area contributed by atoms with Gasteiger partial charge in [-0.3, -0.25) is 24.6 Å². The number of nitriles is 1. The van der Waals surface area contributed by atoms with Crippen LogP contribution in [0, 0.1) is 28.4 Å². The maximum absolute atomic E-state index is 12.5. The van der Waals surface area contributed by atoms with Crippen LogP contribution in [-0.2, 0) is 0 Å². The van der Waals surface area contributed by atoms with E-state index < -0.39 is 4.92 Å². The Hall–Kier alpha value is -4.62.